The molecule has 1 aliphatic rings. The Labute approximate surface area is 152 Å². The van der Waals surface area contributed by atoms with Gasteiger partial charge in [0.25, 0.3) is 5.91 Å². The average Bonchev–Trinajstić information content (AvgIpc) is 2.88. The van der Waals surface area contributed by atoms with Crippen LogP contribution in [0.25, 0.3) is 6.08 Å². The van der Waals surface area contributed by atoms with Gasteiger partial charge in [0.2, 0.25) is 0 Å². The summed E-state index contributed by atoms with van der Waals surface area (Å²) in [5.74, 6) is 0.143. The van der Waals surface area contributed by atoms with Crippen LogP contribution >= 0.6 is 12.2 Å². The van der Waals surface area contributed by atoms with Crippen LogP contribution in [0.3, 0.4) is 0 Å². The normalized spacial score (nSPS) is 16.2. The molecule has 0 spiro atoms. The molecule has 1 saturated heterocycles. The van der Waals surface area contributed by atoms with Crippen molar-refractivity contribution in [2.45, 2.75) is 6.18 Å². The second kappa shape index (κ2) is 6.80. The number of anilines is 1. The van der Waals surface area contributed by atoms with Crippen molar-refractivity contribution in [2.75, 3.05) is 12.0 Å². The molecular formula is C18H13F3N2O2S. The second-order valence-corrected chi connectivity index (χ2v) is 5.84. The number of carbonyl (C=O) groups excluding carboxylic acids is 1. The lowest BCUT2D eigenvalue weighted by molar-refractivity contribution is -0.137. The van der Waals surface area contributed by atoms with E-state index in [0.717, 1.165) is 22.6 Å². The Kier molecular flexibility index (Phi) is 4.69. The Morgan fingerprint density at radius 1 is 1.15 bits per heavy atom. The number of methoxy groups -OCH3 is 1. The standard InChI is InChI=1S/C18H13F3N2O2S/c1-25-14-7-5-11(6-8-14)9-15-16(24)23(17(26)22-15)13-4-2-3-12(10-13)18(19,20)21/h2-10H,1H3,(H,22,26)/b15-9-. The quantitative estimate of drug-likeness (QED) is 0.648. The molecule has 1 heterocycles. The van der Waals surface area contributed by atoms with Crippen molar-refractivity contribution in [3.63, 3.8) is 0 Å². The van der Waals surface area contributed by atoms with Gasteiger partial charge >= 0.3 is 6.18 Å². The zero-order valence-corrected chi connectivity index (χ0v) is 14.3. The highest BCUT2D eigenvalue weighted by Crippen LogP contribution is 2.32. The number of ether oxygens (including phenoxy) is 1. The van der Waals surface area contributed by atoms with Crippen molar-refractivity contribution in [2.24, 2.45) is 0 Å². The van der Waals surface area contributed by atoms with Crippen molar-refractivity contribution in [3.8, 4) is 5.75 Å². The number of hydrogen-bond acceptors (Lipinski definition) is 3. The van der Waals surface area contributed by atoms with Crippen LogP contribution in [0.5, 0.6) is 5.75 Å². The van der Waals surface area contributed by atoms with Gasteiger partial charge < -0.3 is 10.1 Å². The van der Waals surface area contributed by atoms with Crippen molar-refractivity contribution >= 4 is 35.0 Å². The van der Waals surface area contributed by atoms with Crippen LogP contribution in [-0.2, 0) is 11.0 Å². The molecule has 4 nitrogen and oxygen atoms in total. The van der Waals surface area contributed by atoms with Crippen molar-refractivity contribution in [3.05, 3.63) is 65.4 Å². The minimum Gasteiger partial charge on any atom is -0.497 e. The molecule has 1 aliphatic heterocycles. The molecule has 0 radical (unpaired) electrons. The zero-order valence-electron chi connectivity index (χ0n) is 13.5. The fraction of sp³-hybridized carbons (Fsp3) is 0.111. The van der Waals surface area contributed by atoms with Gasteiger partial charge in [-0.1, -0.05) is 18.2 Å². The van der Waals surface area contributed by atoms with Gasteiger partial charge in [-0.25, -0.2) is 0 Å². The van der Waals surface area contributed by atoms with E-state index in [1.165, 1.54) is 12.1 Å². The Hall–Kier alpha value is -2.87. The molecule has 0 aromatic heterocycles. The number of benzene rings is 2. The van der Waals surface area contributed by atoms with E-state index in [4.69, 9.17) is 17.0 Å². The van der Waals surface area contributed by atoms with Crippen molar-refractivity contribution in [1.82, 2.24) is 5.32 Å². The first-order valence-corrected chi connectivity index (χ1v) is 7.89. The van der Waals surface area contributed by atoms with E-state index in [9.17, 15) is 18.0 Å². The molecule has 26 heavy (non-hydrogen) atoms. The van der Waals surface area contributed by atoms with Crippen LogP contribution in [0.15, 0.2) is 54.2 Å². The summed E-state index contributed by atoms with van der Waals surface area (Å²) < 4.78 is 43.8. The van der Waals surface area contributed by atoms with Gasteiger partial charge in [0.1, 0.15) is 11.4 Å². The molecule has 2 aromatic carbocycles. The highest BCUT2D eigenvalue weighted by molar-refractivity contribution is 7.80. The summed E-state index contributed by atoms with van der Waals surface area (Å²) >= 11 is 5.12. The summed E-state index contributed by atoms with van der Waals surface area (Å²) in [6.07, 6.45) is -2.93. The number of carbonyl (C=O) groups is 1. The molecule has 2 aromatic rings. The third kappa shape index (κ3) is 3.55. The van der Waals surface area contributed by atoms with E-state index in [0.29, 0.717) is 5.75 Å². The lowest BCUT2D eigenvalue weighted by Crippen LogP contribution is -2.30. The molecule has 0 bridgehead atoms. The number of nitrogens with zero attached hydrogens (tertiary/aromatic N) is 1. The lowest BCUT2D eigenvalue weighted by atomic mass is 10.1. The topological polar surface area (TPSA) is 41.6 Å². The molecular weight excluding hydrogens is 365 g/mol. The van der Waals surface area contributed by atoms with E-state index < -0.39 is 17.6 Å². The van der Waals surface area contributed by atoms with Crippen LogP contribution in [0.2, 0.25) is 0 Å². The molecule has 3 rings (SSSR count). The molecule has 0 atom stereocenters. The molecule has 134 valence electrons. The maximum atomic E-state index is 12.9. The van der Waals surface area contributed by atoms with Gasteiger partial charge in [0.05, 0.1) is 18.4 Å². The highest BCUT2D eigenvalue weighted by atomic mass is 32.1. The van der Waals surface area contributed by atoms with Crippen LogP contribution in [0, 0.1) is 0 Å². The summed E-state index contributed by atoms with van der Waals surface area (Å²) in [7, 11) is 1.54. The molecule has 0 aliphatic carbocycles. The van der Waals surface area contributed by atoms with Crippen molar-refractivity contribution < 1.29 is 22.7 Å². The SMILES string of the molecule is COc1ccc(/C=C2\NC(=S)N(c3cccc(C(F)(F)F)c3)C2=O)cc1. The van der Waals surface area contributed by atoms with Gasteiger partial charge in [-0.05, 0) is 54.2 Å². The first kappa shape index (κ1) is 17.9. The van der Waals surface area contributed by atoms with Crippen LogP contribution < -0.4 is 15.0 Å². The fourth-order valence-electron chi connectivity index (χ4n) is 2.46. The first-order valence-electron chi connectivity index (χ1n) is 7.48. The Morgan fingerprint density at radius 2 is 1.85 bits per heavy atom. The molecule has 1 fully saturated rings. The molecule has 0 saturated carbocycles. The summed E-state index contributed by atoms with van der Waals surface area (Å²) in [5.41, 5.74) is 0.103. The van der Waals surface area contributed by atoms with E-state index in [1.807, 2.05) is 0 Å². The zero-order chi connectivity index (χ0) is 18.9. The number of halogens is 3. The van der Waals surface area contributed by atoms with Crippen LogP contribution in [-0.4, -0.2) is 18.1 Å². The number of rotatable bonds is 3. The van der Waals surface area contributed by atoms with E-state index in [2.05, 4.69) is 5.32 Å². The summed E-state index contributed by atoms with van der Waals surface area (Å²) in [5, 5.41) is 2.77. The maximum Gasteiger partial charge on any atom is 0.416 e. The molecule has 1 amide bonds. The Bertz CT molecular complexity index is 892. The van der Waals surface area contributed by atoms with Gasteiger partial charge in [-0.15, -0.1) is 0 Å². The number of thiocarbonyl (C=S) groups is 1. The minimum absolute atomic E-state index is 0.0223. The van der Waals surface area contributed by atoms with Crippen LogP contribution in [0.4, 0.5) is 18.9 Å². The molecule has 1 N–H and O–H groups in total. The summed E-state index contributed by atoms with van der Waals surface area (Å²) in [4.78, 5) is 13.6. The third-order valence-corrected chi connectivity index (χ3v) is 4.02. The van der Waals surface area contributed by atoms with E-state index >= 15 is 0 Å². The number of amides is 1. The van der Waals surface area contributed by atoms with Crippen molar-refractivity contribution in [1.29, 1.82) is 0 Å². The molecule has 0 unspecified atom stereocenters. The van der Waals surface area contributed by atoms with Gasteiger partial charge in [0, 0.05) is 0 Å². The predicted octanol–water partition coefficient (Wildman–Crippen LogP) is 3.98. The van der Waals surface area contributed by atoms with Gasteiger partial charge in [-0.2, -0.15) is 13.2 Å². The Balaban J connectivity index is 1.90. The fourth-order valence-corrected chi connectivity index (χ4v) is 2.76. The minimum atomic E-state index is -4.50. The maximum absolute atomic E-state index is 12.9. The Morgan fingerprint density at radius 3 is 2.46 bits per heavy atom. The van der Waals surface area contributed by atoms with E-state index in [-0.39, 0.29) is 16.5 Å². The summed E-state index contributed by atoms with van der Waals surface area (Å²) in [6.45, 7) is 0. The smallest absolute Gasteiger partial charge is 0.416 e. The average molecular weight is 378 g/mol. The van der Waals surface area contributed by atoms with Gasteiger partial charge in [-0.3, -0.25) is 9.69 Å². The number of nitrogens with one attached hydrogen (secondary N) is 1. The predicted molar refractivity (Wildman–Crippen MR) is 95.6 cm³/mol. The van der Waals surface area contributed by atoms with Crippen LogP contribution in [0.1, 0.15) is 11.1 Å². The largest absolute Gasteiger partial charge is 0.497 e. The first-order chi connectivity index (χ1) is 12.3. The monoisotopic (exact) mass is 378 g/mol. The van der Waals surface area contributed by atoms with E-state index in [1.54, 1.807) is 37.5 Å². The summed E-state index contributed by atoms with van der Waals surface area (Å²) in [6, 6.07) is 11.4. The number of alkyl halides is 3. The highest BCUT2D eigenvalue weighted by Gasteiger charge is 2.35. The molecule has 8 heteroatoms. The lowest BCUT2D eigenvalue weighted by Gasteiger charge is -2.16. The van der Waals surface area contributed by atoms with Gasteiger partial charge in [0.15, 0.2) is 5.11 Å². The second-order valence-electron chi connectivity index (χ2n) is 5.45. The third-order valence-electron chi connectivity index (χ3n) is 3.74. The number of hydrogen-bond donors (Lipinski definition) is 1.